The van der Waals surface area contributed by atoms with Gasteiger partial charge in [0.25, 0.3) is 0 Å². The fraction of sp³-hybridized carbons (Fsp3) is 0.522. The van der Waals surface area contributed by atoms with Crippen molar-refractivity contribution < 1.29 is 33.3 Å². The van der Waals surface area contributed by atoms with E-state index in [4.69, 9.17) is 5.11 Å². The lowest BCUT2D eigenvalue weighted by molar-refractivity contribution is -0.137. The number of aromatic nitrogens is 5. The molecule has 1 fully saturated rings. The second-order valence-corrected chi connectivity index (χ2v) is 9.91. The maximum absolute atomic E-state index is 12.9. The van der Waals surface area contributed by atoms with E-state index in [0.717, 1.165) is 36.7 Å². The number of benzene rings is 1. The number of alkyl halides is 3. The monoisotopic (exact) mass is 555 g/mol. The lowest BCUT2D eigenvalue weighted by Crippen LogP contribution is -2.39. The number of aliphatic hydroxyl groups is 3. The molecule has 4 rings (SSSR count). The quantitative estimate of drug-likeness (QED) is 0.185. The van der Waals surface area contributed by atoms with Crippen molar-refractivity contribution >= 4 is 34.7 Å². The van der Waals surface area contributed by atoms with Gasteiger partial charge in [-0.3, -0.25) is 4.79 Å². The first-order chi connectivity index (χ1) is 18.1. The molecule has 3 aromatic rings. The Bertz CT molecular complexity index is 1260. The van der Waals surface area contributed by atoms with Gasteiger partial charge in [0, 0.05) is 18.0 Å². The Kier molecular flexibility index (Phi) is 8.70. The summed E-state index contributed by atoms with van der Waals surface area (Å²) in [5.41, 5.74) is -0.220. The highest BCUT2D eigenvalue weighted by molar-refractivity contribution is 7.99. The molecule has 0 spiro atoms. The lowest BCUT2D eigenvalue weighted by atomic mass is 10.0. The normalized spacial score (nSPS) is 21.7. The van der Waals surface area contributed by atoms with Crippen LogP contribution in [0.5, 0.6) is 0 Å². The molecule has 1 aromatic carbocycles. The topological polar surface area (TPSA) is 158 Å². The summed E-state index contributed by atoms with van der Waals surface area (Å²) in [5, 5.41) is 44.5. The minimum absolute atomic E-state index is 0.0135. The Balaban J connectivity index is 1.67. The van der Waals surface area contributed by atoms with Crippen molar-refractivity contribution in [1.29, 1.82) is 0 Å². The average molecular weight is 556 g/mol. The van der Waals surface area contributed by atoms with Crippen LogP contribution in [0.1, 0.15) is 37.8 Å². The minimum atomic E-state index is -4.45. The molecule has 0 unspecified atom stereocenters. The zero-order valence-electron chi connectivity index (χ0n) is 20.4. The van der Waals surface area contributed by atoms with Crippen molar-refractivity contribution in [2.24, 2.45) is 5.92 Å². The largest absolute Gasteiger partial charge is 0.416 e. The van der Waals surface area contributed by atoms with E-state index in [9.17, 15) is 28.2 Å². The standard InChI is InChI=1S/C23H28F3N7O4S/c1-2-3-8-27-19-16-20(30-22(29-19)38-13-6-4-12(5-7-13)23(24,25)26)33(32-31-16)15-11-14(17(35)18(15)36)21(37)28-9-10-34/h4-7,14-15,17-18,34-36H,2-3,8-11H2,1H3,(H,28,37)(H,27,29,30)/t14-,15+,17+,18-/m0/s1. The number of unbranched alkanes of at least 4 members (excludes halogenated alkanes) is 1. The van der Waals surface area contributed by atoms with Crippen molar-refractivity contribution in [2.45, 2.75) is 60.7 Å². The van der Waals surface area contributed by atoms with Crippen LogP contribution in [0.2, 0.25) is 0 Å². The number of fused-ring (bicyclic) bond motifs is 1. The number of halogens is 3. The average Bonchev–Trinajstić information content (AvgIpc) is 3.43. The molecular weight excluding hydrogens is 527 g/mol. The number of anilines is 1. The molecule has 0 saturated heterocycles. The van der Waals surface area contributed by atoms with Gasteiger partial charge in [0.1, 0.15) is 6.10 Å². The van der Waals surface area contributed by atoms with E-state index in [1.165, 1.54) is 16.8 Å². The van der Waals surface area contributed by atoms with Crippen LogP contribution in [0, 0.1) is 5.92 Å². The number of hydrogen-bond donors (Lipinski definition) is 5. The summed E-state index contributed by atoms with van der Waals surface area (Å²) in [4.78, 5) is 21.9. The second-order valence-electron chi connectivity index (χ2n) is 8.87. The molecule has 1 amide bonds. The molecule has 1 aliphatic rings. The van der Waals surface area contributed by atoms with Crippen molar-refractivity contribution in [2.75, 3.05) is 25.0 Å². The van der Waals surface area contributed by atoms with Crippen LogP contribution in [0.15, 0.2) is 34.3 Å². The summed E-state index contributed by atoms with van der Waals surface area (Å²) in [6.45, 7) is 2.36. The number of rotatable bonds is 10. The van der Waals surface area contributed by atoms with Gasteiger partial charge < -0.3 is 26.0 Å². The van der Waals surface area contributed by atoms with E-state index in [-0.39, 0.29) is 30.4 Å². The SMILES string of the molecule is CCCCNc1nc(Sc2ccc(C(F)(F)F)cc2)nc2c1nnn2[C@@H]1C[C@H](C(=O)NCCO)[C@@H](O)[C@H]1O. The highest BCUT2D eigenvalue weighted by Gasteiger charge is 2.47. The number of amides is 1. The summed E-state index contributed by atoms with van der Waals surface area (Å²) < 4.78 is 40.2. The highest BCUT2D eigenvalue weighted by atomic mass is 32.2. The lowest BCUT2D eigenvalue weighted by Gasteiger charge is -2.17. The van der Waals surface area contributed by atoms with E-state index in [1.807, 2.05) is 6.92 Å². The Morgan fingerprint density at radius 1 is 1.16 bits per heavy atom. The van der Waals surface area contributed by atoms with E-state index in [0.29, 0.717) is 22.8 Å². The van der Waals surface area contributed by atoms with Gasteiger partial charge in [-0.05, 0) is 48.9 Å². The molecule has 1 saturated carbocycles. The van der Waals surface area contributed by atoms with Gasteiger partial charge in [-0.2, -0.15) is 13.2 Å². The van der Waals surface area contributed by atoms with Gasteiger partial charge in [0.15, 0.2) is 22.1 Å². The van der Waals surface area contributed by atoms with Crippen LogP contribution in [-0.4, -0.2) is 78.1 Å². The fourth-order valence-corrected chi connectivity index (χ4v) is 4.98. The Morgan fingerprint density at radius 3 is 2.55 bits per heavy atom. The van der Waals surface area contributed by atoms with Gasteiger partial charge in [-0.25, -0.2) is 14.6 Å². The summed E-state index contributed by atoms with van der Waals surface area (Å²) in [5.74, 6) is -1.08. The molecule has 0 bridgehead atoms. The second kappa shape index (κ2) is 11.8. The minimum Gasteiger partial charge on any atom is -0.395 e. The predicted molar refractivity (Wildman–Crippen MR) is 131 cm³/mol. The molecule has 38 heavy (non-hydrogen) atoms. The maximum Gasteiger partial charge on any atom is 0.416 e. The van der Waals surface area contributed by atoms with E-state index >= 15 is 0 Å². The van der Waals surface area contributed by atoms with Crippen LogP contribution in [0.3, 0.4) is 0 Å². The number of nitrogens with one attached hydrogen (secondary N) is 2. The Hall–Kier alpha value is -3.01. The molecule has 15 heteroatoms. The maximum atomic E-state index is 12.9. The Labute approximate surface area is 219 Å². The molecule has 5 N–H and O–H groups in total. The van der Waals surface area contributed by atoms with Gasteiger partial charge in [0.05, 0.1) is 30.2 Å². The predicted octanol–water partition coefficient (Wildman–Crippen LogP) is 1.99. The number of hydrogen-bond acceptors (Lipinski definition) is 10. The molecule has 0 radical (unpaired) electrons. The van der Waals surface area contributed by atoms with Gasteiger partial charge in [0.2, 0.25) is 5.91 Å². The molecule has 11 nitrogen and oxygen atoms in total. The summed E-state index contributed by atoms with van der Waals surface area (Å²) in [6.07, 6.45) is -5.36. The third-order valence-corrected chi connectivity index (χ3v) is 7.10. The smallest absolute Gasteiger partial charge is 0.395 e. The van der Waals surface area contributed by atoms with Crippen LogP contribution in [0.25, 0.3) is 11.2 Å². The van der Waals surface area contributed by atoms with Crippen molar-refractivity contribution in [1.82, 2.24) is 30.3 Å². The third-order valence-electron chi connectivity index (χ3n) is 6.23. The highest BCUT2D eigenvalue weighted by Crippen LogP contribution is 2.38. The first-order valence-corrected chi connectivity index (χ1v) is 12.9. The molecule has 0 aliphatic heterocycles. The van der Waals surface area contributed by atoms with E-state index in [1.54, 1.807) is 0 Å². The summed E-state index contributed by atoms with van der Waals surface area (Å²) in [6, 6.07) is 3.78. The zero-order valence-corrected chi connectivity index (χ0v) is 21.2. The van der Waals surface area contributed by atoms with Crippen molar-refractivity contribution in [3.05, 3.63) is 29.8 Å². The number of nitrogens with zero attached hydrogens (tertiary/aromatic N) is 5. The van der Waals surface area contributed by atoms with E-state index in [2.05, 4.69) is 30.9 Å². The number of aliphatic hydroxyl groups excluding tert-OH is 3. The Morgan fingerprint density at radius 2 is 1.89 bits per heavy atom. The van der Waals surface area contributed by atoms with Gasteiger partial charge >= 0.3 is 6.18 Å². The van der Waals surface area contributed by atoms with E-state index < -0.39 is 41.8 Å². The first-order valence-electron chi connectivity index (χ1n) is 12.1. The molecular formula is C23H28F3N7O4S. The zero-order chi connectivity index (χ0) is 27.4. The first kappa shape index (κ1) is 28.0. The molecule has 206 valence electrons. The summed E-state index contributed by atoms with van der Waals surface area (Å²) >= 11 is 1.05. The third kappa shape index (κ3) is 6.00. The molecule has 2 heterocycles. The number of carbonyl (C=O) groups is 1. The fourth-order valence-electron chi connectivity index (χ4n) is 4.22. The van der Waals surface area contributed by atoms with Crippen LogP contribution >= 0.6 is 11.8 Å². The van der Waals surface area contributed by atoms with Crippen LogP contribution < -0.4 is 10.6 Å². The van der Waals surface area contributed by atoms with Crippen LogP contribution in [-0.2, 0) is 11.0 Å². The van der Waals surface area contributed by atoms with Crippen molar-refractivity contribution in [3.8, 4) is 0 Å². The molecule has 1 aliphatic carbocycles. The summed E-state index contributed by atoms with van der Waals surface area (Å²) in [7, 11) is 0. The van der Waals surface area contributed by atoms with Crippen molar-refractivity contribution in [3.63, 3.8) is 0 Å². The number of carbonyl (C=O) groups excluding carboxylic acids is 1. The van der Waals surface area contributed by atoms with Crippen LogP contribution in [0.4, 0.5) is 19.0 Å². The van der Waals surface area contributed by atoms with Gasteiger partial charge in [-0.1, -0.05) is 18.6 Å². The molecule has 2 aromatic heterocycles. The van der Waals surface area contributed by atoms with Gasteiger partial charge in [-0.15, -0.1) is 5.10 Å². The molecule has 4 atom stereocenters.